The van der Waals surface area contributed by atoms with Crippen molar-refractivity contribution in [3.63, 3.8) is 0 Å². The Morgan fingerprint density at radius 2 is 1.83 bits per heavy atom. The van der Waals surface area contributed by atoms with Crippen molar-refractivity contribution >= 4 is 26.0 Å². The second-order valence-electron chi connectivity index (χ2n) is 9.26. The molecule has 0 N–H and O–H groups in total. The third kappa shape index (κ3) is 3.21. The van der Waals surface area contributed by atoms with Gasteiger partial charge in [-0.15, -0.1) is 0 Å². The summed E-state index contributed by atoms with van der Waals surface area (Å²) < 4.78 is 17.4. The molecule has 1 heterocycles. The number of ketones is 1. The van der Waals surface area contributed by atoms with Gasteiger partial charge in [0.05, 0.1) is 18.9 Å². The highest BCUT2D eigenvalue weighted by Gasteiger charge is 2.70. The molecule has 7 heteroatoms. The van der Waals surface area contributed by atoms with Gasteiger partial charge in [-0.25, -0.2) is 0 Å². The normalized spacial score (nSPS) is 38.6. The van der Waals surface area contributed by atoms with Gasteiger partial charge >= 0.3 is 11.9 Å². The number of hydrogen-bond donors (Lipinski definition) is 0. The number of hydrogen-bond acceptors (Lipinski definition) is 6. The molecule has 2 aliphatic carbocycles. The fraction of sp³-hybridized carbons (Fsp3) is 0.773. The van der Waals surface area contributed by atoms with Gasteiger partial charge in [-0.2, -0.15) is 0 Å². The highest BCUT2D eigenvalue weighted by molar-refractivity contribution is 6.73. The van der Waals surface area contributed by atoms with Crippen LogP contribution in [-0.2, 0) is 28.3 Å². The first-order valence-electron chi connectivity index (χ1n) is 10.8. The Bertz CT molecular complexity index is 721. The zero-order chi connectivity index (χ0) is 21.6. The van der Waals surface area contributed by atoms with E-state index in [9.17, 15) is 14.4 Å². The first-order chi connectivity index (χ1) is 13.6. The molecule has 0 radical (unpaired) electrons. The molecular weight excluding hydrogens is 388 g/mol. The molecule has 0 spiro atoms. The molecule has 2 fully saturated rings. The van der Waals surface area contributed by atoms with E-state index in [2.05, 4.69) is 20.8 Å². The molecule has 6 nitrogen and oxygen atoms in total. The Labute approximate surface area is 174 Å². The van der Waals surface area contributed by atoms with Gasteiger partial charge in [-0.05, 0) is 36.9 Å². The summed E-state index contributed by atoms with van der Waals surface area (Å²) in [5.74, 6) is -1.59. The highest BCUT2D eigenvalue weighted by atomic mass is 28.4. The van der Waals surface area contributed by atoms with Crippen molar-refractivity contribution in [2.24, 2.45) is 22.7 Å². The summed E-state index contributed by atoms with van der Waals surface area (Å²) in [6.07, 6.45) is 3.12. The zero-order valence-electron chi connectivity index (χ0n) is 18.4. The predicted octanol–water partition coefficient (Wildman–Crippen LogP) is 3.65. The zero-order valence-corrected chi connectivity index (χ0v) is 19.4. The smallest absolute Gasteiger partial charge is 0.316 e. The van der Waals surface area contributed by atoms with Crippen molar-refractivity contribution in [2.45, 2.75) is 77.8 Å². The van der Waals surface area contributed by atoms with Gasteiger partial charge in [-0.1, -0.05) is 39.8 Å². The maximum Gasteiger partial charge on any atom is 0.316 e. The van der Waals surface area contributed by atoms with E-state index in [1.165, 1.54) is 7.11 Å². The average Bonchev–Trinajstić information content (AvgIpc) is 2.98. The molecule has 1 saturated carbocycles. The summed E-state index contributed by atoms with van der Waals surface area (Å²) in [6, 6.07) is 2.68. The maximum atomic E-state index is 13.7. The molecule has 29 heavy (non-hydrogen) atoms. The van der Waals surface area contributed by atoms with E-state index in [-0.39, 0.29) is 24.1 Å². The van der Waals surface area contributed by atoms with Crippen LogP contribution in [0.5, 0.6) is 0 Å². The average molecular weight is 423 g/mol. The molecule has 1 saturated heterocycles. The number of ether oxygens (including phenoxy) is 2. The van der Waals surface area contributed by atoms with Crippen molar-refractivity contribution < 1.29 is 28.3 Å². The summed E-state index contributed by atoms with van der Waals surface area (Å²) in [5.41, 5.74) is -1.36. The van der Waals surface area contributed by atoms with Crippen LogP contribution in [0.2, 0.25) is 18.1 Å². The summed E-state index contributed by atoms with van der Waals surface area (Å²) >= 11 is 0. The highest BCUT2D eigenvalue weighted by Crippen LogP contribution is 2.62. The molecule has 0 bridgehead atoms. The number of carbonyl (C=O) groups excluding carboxylic acids is 3. The van der Waals surface area contributed by atoms with Crippen molar-refractivity contribution in [1.82, 2.24) is 0 Å². The van der Waals surface area contributed by atoms with Crippen LogP contribution in [0.25, 0.3) is 0 Å². The van der Waals surface area contributed by atoms with Gasteiger partial charge in [0.15, 0.2) is 14.1 Å². The van der Waals surface area contributed by atoms with E-state index >= 15 is 0 Å². The first-order valence-corrected chi connectivity index (χ1v) is 13.3. The number of esters is 2. The Morgan fingerprint density at radius 3 is 2.38 bits per heavy atom. The quantitative estimate of drug-likeness (QED) is 0.354. The van der Waals surface area contributed by atoms with E-state index in [1.54, 1.807) is 0 Å². The van der Waals surface area contributed by atoms with Crippen LogP contribution in [0, 0.1) is 22.7 Å². The predicted molar refractivity (Wildman–Crippen MR) is 111 cm³/mol. The van der Waals surface area contributed by atoms with Crippen molar-refractivity contribution in [3.8, 4) is 0 Å². The number of methoxy groups -OCH3 is 1. The van der Waals surface area contributed by atoms with Gasteiger partial charge in [0.2, 0.25) is 0 Å². The van der Waals surface area contributed by atoms with Crippen molar-refractivity contribution in [1.29, 1.82) is 0 Å². The third-order valence-corrected chi connectivity index (χ3v) is 12.6. The monoisotopic (exact) mass is 422 g/mol. The van der Waals surface area contributed by atoms with Gasteiger partial charge in [0.25, 0.3) is 0 Å². The molecule has 1 aliphatic heterocycles. The summed E-state index contributed by atoms with van der Waals surface area (Å²) in [4.78, 5) is 38.8. The van der Waals surface area contributed by atoms with Gasteiger partial charge in [0.1, 0.15) is 12.2 Å². The second kappa shape index (κ2) is 7.65. The topological polar surface area (TPSA) is 78.9 Å². The number of allylic oxidation sites excluding steroid dienone is 1. The fourth-order valence-corrected chi connectivity index (χ4v) is 8.75. The Kier molecular flexibility index (Phi) is 5.86. The van der Waals surface area contributed by atoms with Crippen LogP contribution in [0.15, 0.2) is 12.2 Å². The lowest BCUT2D eigenvalue weighted by molar-refractivity contribution is -0.168. The van der Waals surface area contributed by atoms with E-state index in [0.29, 0.717) is 6.42 Å². The summed E-state index contributed by atoms with van der Waals surface area (Å²) in [7, 11) is -0.799. The molecule has 1 unspecified atom stereocenters. The Morgan fingerprint density at radius 1 is 1.21 bits per heavy atom. The lowest BCUT2D eigenvalue weighted by atomic mass is 9.49. The lowest BCUT2D eigenvalue weighted by Crippen LogP contribution is -2.63. The number of rotatable bonds is 7. The molecule has 3 aliphatic rings. The largest absolute Gasteiger partial charge is 0.469 e. The van der Waals surface area contributed by atoms with E-state index < -0.39 is 43.2 Å². The molecule has 6 atom stereocenters. The molecular formula is C22H34O6Si. The minimum atomic E-state index is -2.14. The minimum Gasteiger partial charge on any atom is -0.469 e. The first kappa shape index (κ1) is 22.2. The van der Waals surface area contributed by atoms with Crippen LogP contribution in [0.3, 0.4) is 0 Å². The number of carbonyl (C=O) groups is 3. The standard InChI is InChI=1S/C22H34O6Si/c1-7-29(8-2,9-3)28-17-16(24)14(13-15(23)26-6)21(4)11-10-12-22(5)19(21)18(17)27-20(22)25/h10,12,14,17-19H,7-9,11,13H2,1-6H3/t14-,17?,18-,19+,21+,22+/m0/s1. The molecule has 0 aromatic carbocycles. The van der Waals surface area contributed by atoms with Crippen molar-refractivity contribution in [2.75, 3.05) is 7.11 Å². The van der Waals surface area contributed by atoms with Gasteiger partial charge in [-0.3, -0.25) is 14.4 Å². The third-order valence-electron chi connectivity index (χ3n) is 8.02. The van der Waals surface area contributed by atoms with Crippen LogP contribution >= 0.6 is 0 Å². The summed E-state index contributed by atoms with van der Waals surface area (Å²) in [5, 5.41) is 0. The molecule has 3 rings (SSSR count). The SMILES string of the molecule is CC[Si](CC)(CC)OC1C(=O)[C@H](CC(=O)OC)[C@@]2(C)CC=C[C@@]3(C)C(=O)O[C@@H]1[C@H]23. The molecule has 0 aromatic heterocycles. The van der Waals surface area contributed by atoms with Gasteiger partial charge in [0, 0.05) is 11.8 Å². The van der Waals surface area contributed by atoms with E-state index in [1.807, 2.05) is 26.0 Å². The van der Waals surface area contributed by atoms with Gasteiger partial charge < -0.3 is 13.9 Å². The van der Waals surface area contributed by atoms with E-state index in [4.69, 9.17) is 13.9 Å². The van der Waals surface area contributed by atoms with E-state index in [0.717, 1.165) is 18.1 Å². The van der Waals surface area contributed by atoms with Crippen LogP contribution in [0.4, 0.5) is 0 Å². The number of Topliss-reactive ketones (excluding diaryl/α,β-unsaturated/α-hetero) is 1. The molecule has 162 valence electrons. The Balaban J connectivity index is 2.09. The van der Waals surface area contributed by atoms with Crippen LogP contribution in [-0.4, -0.2) is 45.4 Å². The van der Waals surface area contributed by atoms with Crippen LogP contribution < -0.4 is 0 Å². The van der Waals surface area contributed by atoms with Crippen molar-refractivity contribution in [3.05, 3.63) is 12.2 Å². The second-order valence-corrected chi connectivity index (χ2v) is 14.0. The molecule has 0 amide bonds. The maximum absolute atomic E-state index is 13.7. The summed E-state index contributed by atoms with van der Waals surface area (Å²) in [6.45, 7) is 10.2. The van der Waals surface area contributed by atoms with Crippen LogP contribution in [0.1, 0.15) is 47.5 Å². The fourth-order valence-electron chi connectivity index (χ4n) is 5.96. The minimum absolute atomic E-state index is 0.00591. The lowest BCUT2D eigenvalue weighted by Gasteiger charge is -2.54. The molecule has 0 aromatic rings. The Hall–Kier alpha value is -1.47.